The molecule has 0 radical (unpaired) electrons. The Hall–Kier alpha value is -3.30. The van der Waals surface area contributed by atoms with Crippen molar-refractivity contribution >= 4 is 24.0 Å². The molecule has 10 nitrogen and oxygen atoms in total. The van der Waals surface area contributed by atoms with Crippen LogP contribution in [0.25, 0.3) is 0 Å². The first-order chi connectivity index (χ1) is 16.0. The lowest BCUT2D eigenvalue weighted by atomic mass is 9.88. The van der Waals surface area contributed by atoms with E-state index in [4.69, 9.17) is 10.2 Å². The topological polar surface area (TPSA) is 157 Å². The second-order valence-corrected chi connectivity index (χ2v) is 9.45. The fourth-order valence-corrected chi connectivity index (χ4v) is 3.20. The van der Waals surface area contributed by atoms with Crippen LogP contribution in [-0.4, -0.2) is 53.3 Å². The Balaban J connectivity index is 2.12. The molecule has 0 heterocycles. The van der Waals surface area contributed by atoms with Crippen LogP contribution in [0.1, 0.15) is 64.0 Å². The van der Waals surface area contributed by atoms with Gasteiger partial charge in [-0.2, -0.15) is 0 Å². The zero-order valence-electron chi connectivity index (χ0n) is 20.3. The summed E-state index contributed by atoms with van der Waals surface area (Å²) in [5.41, 5.74) is 2.53. The van der Waals surface area contributed by atoms with Crippen molar-refractivity contribution in [3.05, 3.63) is 35.4 Å². The minimum Gasteiger partial charge on any atom is -0.481 e. The molecule has 0 fully saturated rings. The number of hydrogen-bond donors (Lipinski definition) is 6. The highest BCUT2D eigenvalue weighted by atomic mass is 16.4. The van der Waals surface area contributed by atoms with Crippen molar-refractivity contribution in [1.82, 2.24) is 21.3 Å². The summed E-state index contributed by atoms with van der Waals surface area (Å²) in [6, 6.07) is 6.09. The van der Waals surface area contributed by atoms with Gasteiger partial charge in [-0.05, 0) is 48.6 Å². The third-order valence-electron chi connectivity index (χ3n) is 4.89. The molecule has 0 aromatic heterocycles. The van der Waals surface area contributed by atoms with E-state index in [0.29, 0.717) is 26.1 Å². The van der Waals surface area contributed by atoms with E-state index in [1.807, 2.05) is 12.1 Å². The highest BCUT2D eigenvalue weighted by Crippen LogP contribution is 2.20. The molecule has 4 amide bonds. The van der Waals surface area contributed by atoms with Gasteiger partial charge in [0.2, 0.25) is 0 Å². The van der Waals surface area contributed by atoms with Crippen LogP contribution in [-0.2, 0) is 22.6 Å². The van der Waals surface area contributed by atoms with Crippen molar-refractivity contribution in [2.24, 2.45) is 5.41 Å². The van der Waals surface area contributed by atoms with Gasteiger partial charge >= 0.3 is 24.0 Å². The van der Waals surface area contributed by atoms with Gasteiger partial charge in [-0.15, -0.1) is 0 Å². The highest BCUT2D eigenvalue weighted by molar-refractivity contribution is 5.83. The van der Waals surface area contributed by atoms with Gasteiger partial charge in [-0.3, -0.25) is 4.79 Å². The summed E-state index contributed by atoms with van der Waals surface area (Å²) in [6.45, 7) is 7.88. The highest BCUT2D eigenvalue weighted by Gasteiger charge is 2.20. The number of urea groups is 2. The molecule has 1 aromatic rings. The van der Waals surface area contributed by atoms with Gasteiger partial charge in [0, 0.05) is 26.1 Å². The van der Waals surface area contributed by atoms with Crippen LogP contribution in [0.15, 0.2) is 24.3 Å². The molecular formula is C24H38N4O6. The number of carbonyl (C=O) groups excluding carboxylic acids is 2. The minimum absolute atomic E-state index is 0.186. The van der Waals surface area contributed by atoms with Gasteiger partial charge in [0.15, 0.2) is 0 Å². The molecule has 0 aliphatic heterocycles. The maximum absolute atomic E-state index is 11.9. The molecule has 0 aliphatic rings. The third-order valence-corrected chi connectivity index (χ3v) is 4.89. The van der Waals surface area contributed by atoms with Crippen molar-refractivity contribution in [1.29, 1.82) is 0 Å². The predicted octanol–water partition coefficient (Wildman–Crippen LogP) is 2.86. The molecule has 0 saturated carbocycles. The van der Waals surface area contributed by atoms with Crippen LogP contribution in [0, 0.1) is 5.41 Å². The largest absolute Gasteiger partial charge is 0.481 e. The molecule has 0 bridgehead atoms. The quantitative estimate of drug-likeness (QED) is 0.226. The number of rotatable bonds is 14. The number of aliphatic carboxylic acids is 2. The first-order valence-electron chi connectivity index (χ1n) is 11.5. The normalized spacial score (nSPS) is 11.9. The maximum Gasteiger partial charge on any atom is 0.326 e. The van der Waals surface area contributed by atoms with Crippen molar-refractivity contribution in [3.63, 3.8) is 0 Å². The summed E-state index contributed by atoms with van der Waals surface area (Å²) in [5, 5.41) is 28.1. The number of unbranched alkanes of at least 4 members (excludes halogenated alkanes) is 2. The summed E-state index contributed by atoms with van der Waals surface area (Å²) >= 11 is 0. The molecule has 34 heavy (non-hydrogen) atoms. The summed E-state index contributed by atoms with van der Waals surface area (Å²) in [6.07, 6.45) is 2.61. The Kier molecular flexibility index (Phi) is 12.5. The predicted molar refractivity (Wildman–Crippen MR) is 129 cm³/mol. The molecular weight excluding hydrogens is 440 g/mol. The molecule has 1 unspecified atom stereocenters. The van der Waals surface area contributed by atoms with E-state index in [1.165, 1.54) is 5.56 Å². The number of carboxylic acids is 2. The van der Waals surface area contributed by atoms with E-state index in [2.05, 4.69) is 54.2 Å². The number of carboxylic acid groups (broad SMARTS) is 2. The number of nitrogens with one attached hydrogen (secondary N) is 4. The molecule has 190 valence electrons. The van der Waals surface area contributed by atoms with Crippen LogP contribution in [0.4, 0.5) is 9.59 Å². The molecule has 1 atom stereocenters. The fourth-order valence-electron chi connectivity index (χ4n) is 3.20. The average molecular weight is 479 g/mol. The lowest BCUT2D eigenvalue weighted by molar-refractivity contribution is -0.140. The van der Waals surface area contributed by atoms with Gasteiger partial charge in [0.05, 0.1) is 0 Å². The molecule has 1 aromatic carbocycles. The molecule has 0 saturated heterocycles. The first kappa shape index (κ1) is 28.7. The van der Waals surface area contributed by atoms with Gasteiger partial charge in [0.25, 0.3) is 0 Å². The summed E-state index contributed by atoms with van der Waals surface area (Å²) in [4.78, 5) is 45.3. The number of hydrogen-bond acceptors (Lipinski definition) is 4. The smallest absolute Gasteiger partial charge is 0.326 e. The van der Waals surface area contributed by atoms with E-state index in [-0.39, 0.29) is 24.3 Å². The number of carbonyl (C=O) groups is 4. The minimum atomic E-state index is -1.28. The maximum atomic E-state index is 11.9. The third kappa shape index (κ3) is 14.0. The molecule has 0 spiro atoms. The van der Waals surface area contributed by atoms with Crippen molar-refractivity contribution in [2.75, 3.05) is 13.1 Å². The van der Waals surface area contributed by atoms with Crippen LogP contribution in [0.2, 0.25) is 0 Å². The van der Waals surface area contributed by atoms with Gasteiger partial charge in [-0.1, -0.05) is 45.0 Å². The number of benzene rings is 1. The molecule has 1 rings (SSSR count). The van der Waals surface area contributed by atoms with Crippen molar-refractivity contribution < 1.29 is 29.4 Å². The van der Waals surface area contributed by atoms with E-state index >= 15 is 0 Å². The van der Waals surface area contributed by atoms with Crippen LogP contribution >= 0.6 is 0 Å². The van der Waals surface area contributed by atoms with Crippen LogP contribution in [0.5, 0.6) is 0 Å². The standard InChI is InChI=1S/C24H38N4O6/c1-24(2,3)15-17-7-9-18(10-8-17)16-27-22(33)25-13-5-4-6-14-26-23(34)28-19(21(31)32)11-12-20(29)30/h7-10,19H,4-6,11-16H2,1-3H3,(H,29,30)(H,31,32)(H2,25,27,33)(H2,26,28,34). The van der Waals surface area contributed by atoms with Crippen LogP contribution < -0.4 is 21.3 Å². The summed E-state index contributed by atoms with van der Waals surface area (Å²) in [7, 11) is 0. The summed E-state index contributed by atoms with van der Waals surface area (Å²) in [5.74, 6) is -2.40. The molecule has 0 aliphatic carbocycles. The van der Waals surface area contributed by atoms with Gasteiger partial charge in [0.1, 0.15) is 6.04 Å². The zero-order valence-corrected chi connectivity index (χ0v) is 20.3. The average Bonchev–Trinajstić information content (AvgIpc) is 2.74. The van der Waals surface area contributed by atoms with Gasteiger partial charge in [-0.25, -0.2) is 14.4 Å². The Labute approximate surface area is 200 Å². The second-order valence-electron chi connectivity index (χ2n) is 9.45. The van der Waals surface area contributed by atoms with E-state index < -0.39 is 24.0 Å². The molecule has 6 N–H and O–H groups in total. The SMILES string of the molecule is CC(C)(C)Cc1ccc(CNC(=O)NCCCCCNC(=O)NC(CCC(=O)O)C(=O)O)cc1. The lowest BCUT2D eigenvalue weighted by Gasteiger charge is -2.18. The monoisotopic (exact) mass is 478 g/mol. The Morgan fingerprint density at radius 2 is 1.38 bits per heavy atom. The zero-order chi connectivity index (χ0) is 25.6. The Morgan fingerprint density at radius 3 is 1.91 bits per heavy atom. The number of amides is 4. The molecule has 10 heteroatoms. The van der Waals surface area contributed by atoms with Crippen molar-refractivity contribution in [2.45, 2.75) is 71.9 Å². The Morgan fingerprint density at radius 1 is 0.824 bits per heavy atom. The fraction of sp³-hybridized carbons (Fsp3) is 0.583. The lowest BCUT2D eigenvalue weighted by Crippen LogP contribution is -2.46. The summed E-state index contributed by atoms with van der Waals surface area (Å²) < 4.78 is 0. The van der Waals surface area contributed by atoms with E-state index in [0.717, 1.165) is 24.8 Å². The second kappa shape index (κ2) is 14.8. The van der Waals surface area contributed by atoms with E-state index in [1.54, 1.807) is 0 Å². The van der Waals surface area contributed by atoms with Crippen molar-refractivity contribution in [3.8, 4) is 0 Å². The Bertz CT molecular complexity index is 805. The van der Waals surface area contributed by atoms with Crippen LogP contribution in [0.3, 0.4) is 0 Å². The first-order valence-corrected chi connectivity index (χ1v) is 11.5. The van der Waals surface area contributed by atoms with E-state index in [9.17, 15) is 19.2 Å². The van der Waals surface area contributed by atoms with Gasteiger partial charge < -0.3 is 31.5 Å².